The van der Waals surface area contributed by atoms with Gasteiger partial charge in [0.15, 0.2) is 11.6 Å². The Bertz CT molecular complexity index is 3580. The van der Waals surface area contributed by atoms with E-state index in [1.165, 1.54) is 0 Å². The fraction of sp³-hybridized carbons (Fsp3) is 0.580. The molecule has 37 nitrogen and oxygen atoms in total. The zero-order chi connectivity index (χ0) is 78.7. The summed E-state index contributed by atoms with van der Waals surface area (Å²) >= 11 is 0.827. The number of aliphatic carboxylic acids is 1. The number of hydrogen-bond donors (Lipinski definition) is 15. The Morgan fingerprint density at radius 1 is 0.617 bits per heavy atom. The number of para-hydroxylation sites is 1. The number of hydrogen-bond acceptors (Lipinski definition) is 24. The molecule has 592 valence electrons. The Kier molecular flexibility index (Phi) is 41.1. The first-order valence-electron chi connectivity index (χ1n) is 35.2. The molecule has 0 radical (unpaired) electrons. The molecule has 2 heterocycles. The van der Waals surface area contributed by atoms with Crippen molar-refractivity contribution in [3.8, 4) is 0 Å². The number of anilines is 2. The quantitative estimate of drug-likeness (QED) is 0.0250. The van der Waals surface area contributed by atoms with Crippen molar-refractivity contribution in [3.05, 3.63) is 59.9 Å². The Morgan fingerprint density at radius 3 is 1.90 bits per heavy atom. The van der Waals surface area contributed by atoms with Crippen molar-refractivity contribution in [2.45, 2.75) is 136 Å². The molecule has 0 aliphatic rings. The predicted octanol–water partition coefficient (Wildman–Crippen LogP) is -0.385. The van der Waals surface area contributed by atoms with Crippen molar-refractivity contribution < 1.29 is 95.9 Å². The van der Waals surface area contributed by atoms with Gasteiger partial charge in [-0.3, -0.25) is 52.7 Å². The Balaban J connectivity index is 1.12. The molecule has 19 N–H and O–H groups in total. The molecule has 107 heavy (non-hydrogen) atoms. The topological polar surface area (TPSA) is 553 Å². The third-order valence-electron chi connectivity index (χ3n) is 15.7. The number of rotatable bonds is 55. The molecule has 12 amide bonds. The van der Waals surface area contributed by atoms with Gasteiger partial charge in [0.1, 0.15) is 42.7 Å². The second kappa shape index (κ2) is 49.1. The number of imidazole rings is 1. The van der Waals surface area contributed by atoms with Crippen LogP contribution in [0.2, 0.25) is 0 Å². The second-order valence-electron chi connectivity index (χ2n) is 25.6. The minimum Gasteiger partial charge on any atom is -0.481 e. The van der Waals surface area contributed by atoms with Crippen molar-refractivity contribution in [3.63, 3.8) is 0 Å². The third kappa shape index (κ3) is 35.9. The number of alkyl carbamates (subject to hydrolysis) is 1. The van der Waals surface area contributed by atoms with Crippen LogP contribution in [0.1, 0.15) is 104 Å². The van der Waals surface area contributed by atoms with Crippen LogP contribution in [-0.4, -0.2) is 231 Å². The van der Waals surface area contributed by atoms with Crippen LogP contribution in [0.3, 0.4) is 0 Å². The zero-order valence-corrected chi connectivity index (χ0v) is 62.1. The first-order valence-corrected chi connectivity index (χ1v) is 36.2. The molecule has 4 aromatic rings. The molecule has 0 saturated heterocycles. The van der Waals surface area contributed by atoms with Crippen LogP contribution >= 0.6 is 11.8 Å². The van der Waals surface area contributed by atoms with Gasteiger partial charge in [0.25, 0.3) is 0 Å². The van der Waals surface area contributed by atoms with Crippen LogP contribution in [0, 0.1) is 11.3 Å². The van der Waals surface area contributed by atoms with Gasteiger partial charge in [-0.2, -0.15) is 0 Å². The van der Waals surface area contributed by atoms with Crippen molar-refractivity contribution in [2.24, 2.45) is 28.5 Å². The maximum Gasteiger partial charge on any atom is 0.407 e. The number of fused-ring (bicyclic) bond motifs is 3. The number of carboxylic acid groups (broad SMARTS) is 1. The highest BCUT2D eigenvalue weighted by Crippen LogP contribution is 2.33. The summed E-state index contributed by atoms with van der Waals surface area (Å²) in [6.45, 7) is 10.9. The van der Waals surface area contributed by atoms with Gasteiger partial charge in [0.2, 0.25) is 53.2 Å². The van der Waals surface area contributed by atoms with Crippen molar-refractivity contribution in [2.75, 3.05) is 122 Å². The first kappa shape index (κ1) is 89.5. The van der Waals surface area contributed by atoms with Crippen LogP contribution < -0.4 is 76.1 Å². The number of primary amides is 2. The van der Waals surface area contributed by atoms with Crippen LogP contribution in [0.25, 0.3) is 21.9 Å². The number of unbranched alkanes of at least 4 members (excludes halogenated alkanes) is 2. The maximum atomic E-state index is 13.8. The fourth-order valence-corrected chi connectivity index (χ4v) is 11.5. The van der Waals surface area contributed by atoms with Gasteiger partial charge in [0, 0.05) is 68.9 Å². The number of aromatic nitrogens is 3. The average molecular weight is 1520 g/mol. The lowest BCUT2D eigenvalue weighted by atomic mass is 9.87. The van der Waals surface area contributed by atoms with Gasteiger partial charge in [0.05, 0.1) is 102 Å². The maximum absolute atomic E-state index is 13.8. The van der Waals surface area contributed by atoms with Crippen molar-refractivity contribution >= 4 is 122 Å². The fourth-order valence-electron chi connectivity index (χ4n) is 10.3. The number of carbonyl (C=O) groups excluding carboxylic acids is 12. The molecule has 4 unspecified atom stereocenters. The largest absolute Gasteiger partial charge is 0.481 e. The highest BCUT2D eigenvalue weighted by Gasteiger charge is 2.31. The third-order valence-corrected chi connectivity index (χ3v) is 17.0. The number of nitrogens with two attached hydrogens (primary N) is 4. The zero-order valence-electron chi connectivity index (χ0n) is 61.3. The molecule has 0 bridgehead atoms. The SMILES string of the molecule is CCOCc1nc2c(N)nc3ccccc3c2n1CC(C)(C)CC(=O)CNC(=O)OCc1ccc(NC(=O)C(CCCNC(N)=O)NC(=O)C(NC(=O)CCCCCNC(=O)C(CC(=O)O)SCC(NC(=O)CCOCCOCCOCCOCCNC(=O)CNC(=O)CNC(=O)CN)C(N)=O)C(C)C)cc1. The molecule has 0 saturated carbocycles. The first-order chi connectivity index (χ1) is 51.1. The van der Waals surface area contributed by atoms with E-state index >= 15 is 0 Å². The molecule has 4 atom stereocenters. The number of nitrogens with zero attached hydrogens (tertiary/aromatic N) is 3. The number of Topliss-reactive ketones (excluding diaryl/α,β-unsaturated/α-hetero) is 1. The lowest BCUT2D eigenvalue weighted by molar-refractivity contribution is -0.138. The predicted molar refractivity (Wildman–Crippen MR) is 394 cm³/mol. The lowest BCUT2D eigenvalue weighted by Gasteiger charge is -2.26. The van der Waals surface area contributed by atoms with Crippen LogP contribution in [0.5, 0.6) is 0 Å². The minimum atomic E-state index is -1.29. The molecule has 4 rings (SSSR count). The number of benzene rings is 2. The number of thioether (sulfide) groups is 1. The van der Waals surface area contributed by atoms with Crippen molar-refractivity contribution in [1.82, 2.24) is 62.4 Å². The number of carboxylic acids is 1. The van der Waals surface area contributed by atoms with Gasteiger partial charge in [-0.1, -0.05) is 64.4 Å². The smallest absolute Gasteiger partial charge is 0.407 e. The molecule has 2 aromatic carbocycles. The Hall–Kier alpha value is -9.86. The molecular formula is C69H105N17O20S. The van der Waals surface area contributed by atoms with Crippen LogP contribution in [0.4, 0.5) is 21.1 Å². The summed E-state index contributed by atoms with van der Waals surface area (Å²) in [5, 5.41) is 34.9. The van der Waals surface area contributed by atoms with E-state index in [4.69, 9.17) is 56.3 Å². The second-order valence-corrected chi connectivity index (χ2v) is 26.8. The highest BCUT2D eigenvalue weighted by atomic mass is 32.2. The van der Waals surface area contributed by atoms with Gasteiger partial charge < -0.3 is 114 Å². The van der Waals surface area contributed by atoms with Gasteiger partial charge in [-0.05, 0) is 67.7 Å². The number of nitrogens with one attached hydrogen (secondary N) is 10. The summed E-state index contributed by atoms with van der Waals surface area (Å²) in [6.07, 6.45) is -0.0353. The number of nitrogen functional groups attached to an aromatic ring is 1. The number of amides is 12. The van der Waals surface area contributed by atoms with E-state index in [9.17, 15) is 67.4 Å². The summed E-state index contributed by atoms with van der Waals surface area (Å²) in [6, 6.07) is 9.71. The standard InChI is InChI=1S/C69H105N17O20S/c1-6-101-40-52-84-60-61(47-13-9-10-14-48(47)82-62(60)71)86(52)42-69(4,5)34-46(87)36-79-68(100)106-39-44-17-19-45(20-18-44)80-64(96)49(15-12-23-76-67(73)99)83-66(98)59(43(2)3)85-53(88)16-8-7-11-22-75-65(97)51(33-58(93)94)107-41-50(63(72)95)81-54(89)21-25-102-27-29-104-31-32-105-30-28-103-26-24-74-56(91)37-78-57(92)38-77-55(90)35-70/h9-10,13-14,17-20,43,49-51,59H,6-8,11-12,15-16,21-42,70H2,1-5H3,(H2,71,82)(H2,72,95)(H,74,91)(H,75,97)(H,77,90)(H,78,92)(H,79,100)(H,80,96)(H,81,89)(H,83,98)(H,85,88)(H,93,94)(H3,73,76,99). The molecule has 0 aliphatic heterocycles. The number of ether oxygens (including phenoxy) is 6. The van der Waals surface area contributed by atoms with Crippen molar-refractivity contribution in [1.29, 1.82) is 0 Å². The van der Waals surface area contributed by atoms with Gasteiger partial charge >= 0.3 is 18.1 Å². The van der Waals surface area contributed by atoms with E-state index in [2.05, 4.69) is 58.2 Å². The number of pyridine rings is 1. The molecule has 0 fully saturated rings. The summed E-state index contributed by atoms with van der Waals surface area (Å²) in [5.74, 6) is -6.56. The molecular weight excluding hydrogens is 1420 g/mol. The Morgan fingerprint density at radius 2 is 1.25 bits per heavy atom. The molecule has 2 aromatic heterocycles. The average Bonchev–Trinajstić information content (AvgIpc) is 1.61. The number of ketones is 1. The van der Waals surface area contributed by atoms with E-state index in [1.54, 1.807) is 38.1 Å². The number of urea groups is 1. The van der Waals surface area contributed by atoms with E-state index in [0.29, 0.717) is 60.5 Å². The number of carbonyl (C=O) groups is 13. The van der Waals surface area contributed by atoms with Gasteiger partial charge in [-0.15, -0.1) is 11.8 Å². The van der Waals surface area contributed by atoms with E-state index < -0.39 is 112 Å². The molecule has 0 aliphatic carbocycles. The van der Waals surface area contributed by atoms with Gasteiger partial charge in [-0.25, -0.2) is 19.6 Å². The molecule has 38 heteroatoms. The summed E-state index contributed by atoms with van der Waals surface area (Å²) < 4.78 is 34.8. The van der Waals surface area contributed by atoms with Crippen LogP contribution in [-0.2, 0) is 101 Å². The van der Waals surface area contributed by atoms with E-state index in [-0.39, 0.29) is 161 Å². The summed E-state index contributed by atoms with van der Waals surface area (Å²) in [7, 11) is 0. The Labute approximate surface area is 624 Å². The monoisotopic (exact) mass is 1520 g/mol. The van der Waals surface area contributed by atoms with E-state index in [0.717, 1.165) is 22.7 Å². The highest BCUT2D eigenvalue weighted by molar-refractivity contribution is 8.00. The lowest BCUT2D eigenvalue weighted by Crippen LogP contribution is -2.54. The molecule has 0 spiro atoms. The minimum absolute atomic E-state index is 0.00804. The van der Waals surface area contributed by atoms with Crippen LogP contribution in [0.15, 0.2) is 48.5 Å². The van der Waals surface area contributed by atoms with E-state index in [1.807, 2.05) is 49.6 Å². The summed E-state index contributed by atoms with van der Waals surface area (Å²) in [5.41, 5.74) is 24.6. The normalized spacial score (nSPS) is 12.4. The summed E-state index contributed by atoms with van der Waals surface area (Å²) in [4.78, 5) is 172.